The third-order valence-electron chi connectivity index (χ3n) is 3.35. The molecule has 0 radical (unpaired) electrons. The predicted octanol–water partition coefficient (Wildman–Crippen LogP) is 4.32. The fourth-order valence-corrected chi connectivity index (χ4v) is 2.21. The van der Waals surface area contributed by atoms with Crippen molar-refractivity contribution in [1.82, 2.24) is 0 Å². The summed E-state index contributed by atoms with van der Waals surface area (Å²) in [5.41, 5.74) is 6.82. The summed E-state index contributed by atoms with van der Waals surface area (Å²) < 4.78 is 5.78. The first-order valence-electron chi connectivity index (χ1n) is 7.78. The number of benzene rings is 1. The molecule has 0 bridgehead atoms. The summed E-state index contributed by atoms with van der Waals surface area (Å²) in [7, 11) is 0. The van der Waals surface area contributed by atoms with E-state index in [9.17, 15) is 0 Å². The van der Waals surface area contributed by atoms with Crippen LogP contribution in [-0.4, -0.2) is 13.2 Å². The summed E-state index contributed by atoms with van der Waals surface area (Å²) in [6.07, 6.45) is 10.2. The van der Waals surface area contributed by atoms with E-state index in [0.29, 0.717) is 6.54 Å². The molecule has 2 heteroatoms. The van der Waals surface area contributed by atoms with Crippen molar-refractivity contribution in [2.45, 2.75) is 58.3 Å². The molecule has 0 saturated heterocycles. The molecule has 0 aromatic heterocycles. The molecule has 0 spiro atoms. The molecule has 19 heavy (non-hydrogen) atoms. The van der Waals surface area contributed by atoms with E-state index in [-0.39, 0.29) is 0 Å². The monoisotopic (exact) mass is 263 g/mol. The van der Waals surface area contributed by atoms with Crippen LogP contribution in [0.5, 0.6) is 5.75 Å². The zero-order chi connectivity index (χ0) is 13.8. The van der Waals surface area contributed by atoms with Crippen LogP contribution in [0.25, 0.3) is 0 Å². The number of ether oxygens (including phenoxy) is 1. The highest BCUT2D eigenvalue weighted by atomic mass is 16.5. The lowest BCUT2D eigenvalue weighted by Crippen LogP contribution is -2.03. The van der Waals surface area contributed by atoms with Gasteiger partial charge >= 0.3 is 0 Å². The molecule has 0 amide bonds. The molecule has 2 nitrogen and oxygen atoms in total. The van der Waals surface area contributed by atoms with Gasteiger partial charge in [-0.15, -0.1) is 0 Å². The second kappa shape index (κ2) is 10.9. The zero-order valence-electron chi connectivity index (χ0n) is 12.4. The smallest absolute Gasteiger partial charge is 0.119 e. The summed E-state index contributed by atoms with van der Waals surface area (Å²) in [6.45, 7) is 3.79. The standard InChI is InChI=1S/C17H29NO/c1-2-3-4-5-6-7-8-14-19-17-11-9-10-16(15-17)12-13-18/h9-11,15H,2-8,12-14,18H2,1H3. The van der Waals surface area contributed by atoms with Crippen LogP contribution in [0.3, 0.4) is 0 Å². The van der Waals surface area contributed by atoms with Crippen LogP contribution in [0.1, 0.15) is 57.4 Å². The summed E-state index contributed by atoms with van der Waals surface area (Å²) >= 11 is 0. The van der Waals surface area contributed by atoms with Crippen LogP contribution in [0.2, 0.25) is 0 Å². The fourth-order valence-electron chi connectivity index (χ4n) is 2.21. The van der Waals surface area contributed by atoms with Crippen molar-refractivity contribution < 1.29 is 4.74 Å². The van der Waals surface area contributed by atoms with E-state index in [1.54, 1.807) is 0 Å². The van der Waals surface area contributed by atoms with Gasteiger partial charge in [-0.05, 0) is 37.1 Å². The molecule has 0 heterocycles. The molecule has 0 atom stereocenters. The molecule has 0 aliphatic carbocycles. The van der Waals surface area contributed by atoms with Gasteiger partial charge in [0.25, 0.3) is 0 Å². The van der Waals surface area contributed by atoms with Gasteiger partial charge in [-0.1, -0.05) is 57.6 Å². The maximum Gasteiger partial charge on any atom is 0.119 e. The van der Waals surface area contributed by atoms with Crippen molar-refractivity contribution in [2.75, 3.05) is 13.2 Å². The number of nitrogens with two attached hydrogens (primary N) is 1. The number of unbranched alkanes of at least 4 members (excludes halogenated alkanes) is 6. The molecule has 1 aromatic rings. The minimum absolute atomic E-state index is 0.696. The lowest BCUT2D eigenvalue weighted by molar-refractivity contribution is 0.304. The molecular weight excluding hydrogens is 234 g/mol. The maximum absolute atomic E-state index is 5.78. The second-order valence-corrected chi connectivity index (χ2v) is 5.16. The van der Waals surface area contributed by atoms with E-state index in [0.717, 1.165) is 25.2 Å². The molecule has 0 unspecified atom stereocenters. The molecule has 0 saturated carbocycles. The van der Waals surface area contributed by atoms with Crippen LogP contribution in [0, 0.1) is 0 Å². The van der Waals surface area contributed by atoms with E-state index in [4.69, 9.17) is 10.5 Å². The van der Waals surface area contributed by atoms with Gasteiger partial charge < -0.3 is 10.5 Å². The molecule has 108 valence electrons. The first-order valence-corrected chi connectivity index (χ1v) is 7.78. The van der Waals surface area contributed by atoms with Crippen molar-refractivity contribution in [3.63, 3.8) is 0 Å². The Labute approximate surface area is 118 Å². The third kappa shape index (κ3) is 7.89. The Hall–Kier alpha value is -1.02. The Morgan fingerprint density at radius 1 is 1.00 bits per heavy atom. The maximum atomic E-state index is 5.78. The molecule has 0 aliphatic heterocycles. The minimum atomic E-state index is 0.696. The van der Waals surface area contributed by atoms with E-state index >= 15 is 0 Å². The summed E-state index contributed by atoms with van der Waals surface area (Å²) in [6, 6.07) is 8.29. The highest BCUT2D eigenvalue weighted by Gasteiger charge is 1.97. The average molecular weight is 263 g/mol. The molecule has 1 rings (SSSR count). The van der Waals surface area contributed by atoms with Gasteiger partial charge in [0.2, 0.25) is 0 Å². The SMILES string of the molecule is CCCCCCCCCOc1cccc(CCN)c1. The van der Waals surface area contributed by atoms with Crippen molar-refractivity contribution in [1.29, 1.82) is 0 Å². The first-order chi connectivity index (χ1) is 9.36. The normalized spacial score (nSPS) is 10.6. The quantitative estimate of drug-likeness (QED) is 0.604. The molecule has 0 aliphatic rings. The molecule has 0 fully saturated rings. The lowest BCUT2D eigenvalue weighted by Gasteiger charge is -2.07. The van der Waals surface area contributed by atoms with Gasteiger partial charge in [-0.25, -0.2) is 0 Å². The number of hydrogen-bond donors (Lipinski definition) is 1. The molecule has 2 N–H and O–H groups in total. The Kier molecular flexibility index (Phi) is 9.17. The predicted molar refractivity (Wildman–Crippen MR) is 82.7 cm³/mol. The van der Waals surface area contributed by atoms with Gasteiger partial charge in [0.05, 0.1) is 6.61 Å². The minimum Gasteiger partial charge on any atom is -0.494 e. The molecular formula is C17H29NO. The lowest BCUT2D eigenvalue weighted by atomic mass is 10.1. The van der Waals surface area contributed by atoms with Crippen LogP contribution in [0.4, 0.5) is 0 Å². The zero-order valence-corrected chi connectivity index (χ0v) is 12.4. The van der Waals surface area contributed by atoms with E-state index < -0.39 is 0 Å². The van der Waals surface area contributed by atoms with Crippen LogP contribution in [-0.2, 0) is 6.42 Å². The van der Waals surface area contributed by atoms with E-state index in [1.807, 2.05) is 12.1 Å². The van der Waals surface area contributed by atoms with Crippen LogP contribution in [0.15, 0.2) is 24.3 Å². The van der Waals surface area contributed by atoms with Gasteiger partial charge in [0, 0.05) is 0 Å². The van der Waals surface area contributed by atoms with Crippen LogP contribution >= 0.6 is 0 Å². The number of rotatable bonds is 11. The highest BCUT2D eigenvalue weighted by Crippen LogP contribution is 2.14. The summed E-state index contributed by atoms with van der Waals surface area (Å²) in [5.74, 6) is 0.983. The fraction of sp³-hybridized carbons (Fsp3) is 0.647. The largest absolute Gasteiger partial charge is 0.494 e. The van der Waals surface area contributed by atoms with Crippen molar-refractivity contribution >= 4 is 0 Å². The summed E-state index contributed by atoms with van der Waals surface area (Å²) in [5, 5.41) is 0. The van der Waals surface area contributed by atoms with Gasteiger partial charge in [0.1, 0.15) is 5.75 Å². The van der Waals surface area contributed by atoms with Crippen molar-refractivity contribution in [3.8, 4) is 5.75 Å². The average Bonchev–Trinajstić information content (AvgIpc) is 2.43. The number of hydrogen-bond acceptors (Lipinski definition) is 2. The summed E-state index contributed by atoms with van der Waals surface area (Å²) in [4.78, 5) is 0. The van der Waals surface area contributed by atoms with Crippen molar-refractivity contribution in [2.24, 2.45) is 5.73 Å². The Balaban J connectivity index is 2.07. The van der Waals surface area contributed by atoms with Gasteiger partial charge in [0.15, 0.2) is 0 Å². The topological polar surface area (TPSA) is 35.2 Å². The second-order valence-electron chi connectivity index (χ2n) is 5.16. The van der Waals surface area contributed by atoms with E-state index in [2.05, 4.69) is 19.1 Å². The van der Waals surface area contributed by atoms with E-state index in [1.165, 1.54) is 44.1 Å². The van der Waals surface area contributed by atoms with Crippen molar-refractivity contribution in [3.05, 3.63) is 29.8 Å². The Morgan fingerprint density at radius 3 is 2.47 bits per heavy atom. The Bertz CT molecular complexity index is 325. The van der Waals surface area contributed by atoms with Crippen LogP contribution < -0.4 is 10.5 Å². The first kappa shape index (κ1) is 16.0. The third-order valence-corrected chi connectivity index (χ3v) is 3.35. The highest BCUT2D eigenvalue weighted by molar-refractivity contribution is 5.28. The van der Waals surface area contributed by atoms with Gasteiger partial charge in [-0.3, -0.25) is 0 Å². The molecule has 1 aromatic carbocycles. The van der Waals surface area contributed by atoms with Gasteiger partial charge in [-0.2, -0.15) is 0 Å². The Morgan fingerprint density at radius 2 is 1.74 bits per heavy atom.